The Balaban J connectivity index is 2.05. The first-order chi connectivity index (χ1) is 9.60. The first-order valence-electron chi connectivity index (χ1n) is 6.82. The van der Waals surface area contributed by atoms with Crippen molar-refractivity contribution in [3.8, 4) is 0 Å². The Hall–Kier alpha value is -2.11. The largest absolute Gasteiger partial charge is 0.481 e. The second kappa shape index (κ2) is 6.36. The summed E-state index contributed by atoms with van der Waals surface area (Å²) in [5.74, 6) is -0.628. The number of pyridine rings is 1. The average Bonchev–Trinajstić information content (AvgIpc) is 3.22. The molecule has 0 aliphatic heterocycles. The fraction of sp³-hybridized carbons (Fsp3) is 0.500. The van der Waals surface area contributed by atoms with Gasteiger partial charge in [-0.3, -0.25) is 14.6 Å². The molecule has 1 fully saturated rings. The molecule has 3 N–H and O–H groups in total. The highest BCUT2D eigenvalue weighted by molar-refractivity contribution is 5.93. The van der Waals surface area contributed by atoms with E-state index >= 15 is 0 Å². The fourth-order valence-electron chi connectivity index (χ4n) is 2.13. The SMILES string of the molecule is CCNC(=O)c1cc(NC(CC(=O)O)C2CC2)ccn1. The van der Waals surface area contributed by atoms with Gasteiger partial charge in [-0.15, -0.1) is 0 Å². The first kappa shape index (κ1) is 14.3. The van der Waals surface area contributed by atoms with E-state index in [2.05, 4.69) is 15.6 Å². The summed E-state index contributed by atoms with van der Waals surface area (Å²) in [6.07, 6.45) is 3.75. The number of carbonyl (C=O) groups is 2. The smallest absolute Gasteiger partial charge is 0.305 e. The lowest BCUT2D eigenvalue weighted by molar-refractivity contribution is -0.137. The van der Waals surface area contributed by atoms with E-state index in [0.29, 0.717) is 18.2 Å². The number of aliphatic carboxylic acids is 1. The van der Waals surface area contributed by atoms with Crippen molar-refractivity contribution in [1.29, 1.82) is 0 Å². The molecule has 1 unspecified atom stereocenters. The number of amides is 1. The molecule has 0 radical (unpaired) electrons. The van der Waals surface area contributed by atoms with Crippen LogP contribution in [0.15, 0.2) is 18.3 Å². The van der Waals surface area contributed by atoms with Crippen LogP contribution in [0, 0.1) is 5.92 Å². The zero-order valence-corrected chi connectivity index (χ0v) is 11.4. The maximum absolute atomic E-state index is 11.7. The van der Waals surface area contributed by atoms with Gasteiger partial charge in [0.1, 0.15) is 5.69 Å². The molecule has 0 saturated heterocycles. The molecule has 1 atom stereocenters. The molecule has 0 spiro atoms. The fourth-order valence-corrected chi connectivity index (χ4v) is 2.13. The molecule has 6 nitrogen and oxygen atoms in total. The number of rotatable bonds is 7. The quantitative estimate of drug-likeness (QED) is 0.702. The molecule has 1 aliphatic carbocycles. The lowest BCUT2D eigenvalue weighted by atomic mass is 10.1. The van der Waals surface area contributed by atoms with Crippen LogP contribution in [0.4, 0.5) is 5.69 Å². The summed E-state index contributed by atoms with van der Waals surface area (Å²) in [5, 5.41) is 14.8. The molecule has 1 saturated carbocycles. The Morgan fingerprint density at radius 3 is 2.85 bits per heavy atom. The molecule has 1 aromatic heterocycles. The normalized spacial score (nSPS) is 15.4. The van der Waals surface area contributed by atoms with Crippen LogP contribution in [0.25, 0.3) is 0 Å². The van der Waals surface area contributed by atoms with E-state index in [0.717, 1.165) is 18.5 Å². The maximum Gasteiger partial charge on any atom is 0.305 e. The molecule has 1 amide bonds. The van der Waals surface area contributed by atoms with Gasteiger partial charge in [-0.1, -0.05) is 0 Å². The summed E-state index contributed by atoms with van der Waals surface area (Å²) in [7, 11) is 0. The van der Waals surface area contributed by atoms with Gasteiger partial charge in [0, 0.05) is 24.5 Å². The molecule has 0 bridgehead atoms. The third-order valence-corrected chi connectivity index (χ3v) is 3.27. The van der Waals surface area contributed by atoms with Crippen molar-refractivity contribution < 1.29 is 14.7 Å². The number of aromatic nitrogens is 1. The summed E-state index contributed by atoms with van der Waals surface area (Å²) >= 11 is 0. The standard InChI is InChI=1S/C14H19N3O3/c1-2-15-14(20)12-7-10(5-6-16-12)17-11(8-13(18)19)9-3-4-9/h5-7,9,11H,2-4,8H2,1H3,(H,15,20)(H,16,17)(H,18,19). The predicted molar refractivity (Wildman–Crippen MR) is 74.6 cm³/mol. The van der Waals surface area contributed by atoms with Gasteiger partial charge in [0.2, 0.25) is 0 Å². The molecule has 1 heterocycles. The van der Waals surface area contributed by atoms with Gasteiger partial charge in [0.05, 0.1) is 6.42 Å². The van der Waals surface area contributed by atoms with E-state index in [1.165, 1.54) is 0 Å². The van der Waals surface area contributed by atoms with Gasteiger partial charge < -0.3 is 15.7 Å². The number of carbonyl (C=O) groups excluding carboxylic acids is 1. The Labute approximate surface area is 117 Å². The third-order valence-electron chi connectivity index (χ3n) is 3.27. The summed E-state index contributed by atoms with van der Waals surface area (Å²) in [6.45, 7) is 2.39. The molecule has 2 rings (SSSR count). The molecule has 6 heteroatoms. The minimum Gasteiger partial charge on any atom is -0.481 e. The molecule has 108 valence electrons. The molecule has 1 aliphatic rings. The van der Waals surface area contributed by atoms with E-state index in [4.69, 9.17) is 5.11 Å². The van der Waals surface area contributed by atoms with E-state index in [9.17, 15) is 9.59 Å². The monoisotopic (exact) mass is 277 g/mol. The minimum atomic E-state index is -0.813. The average molecular weight is 277 g/mol. The number of carboxylic acid groups (broad SMARTS) is 1. The highest BCUT2D eigenvalue weighted by atomic mass is 16.4. The van der Waals surface area contributed by atoms with Crippen molar-refractivity contribution >= 4 is 17.6 Å². The number of hydrogen-bond donors (Lipinski definition) is 3. The zero-order valence-electron chi connectivity index (χ0n) is 11.4. The van der Waals surface area contributed by atoms with Crippen molar-refractivity contribution in [2.24, 2.45) is 5.92 Å². The summed E-state index contributed by atoms with van der Waals surface area (Å²) in [6, 6.07) is 3.32. The Bertz CT molecular complexity index is 500. The van der Waals surface area contributed by atoms with Crippen LogP contribution in [0.1, 0.15) is 36.7 Å². The van der Waals surface area contributed by atoms with Crippen LogP contribution in [0.5, 0.6) is 0 Å². The van der Waals surface area contributed by atoms with E-state index in [1.54, 1.807) is 18.3 Å². The summed E-state index contributed by atoms with van der Waals surface area (Å²) in [5.41, 5.74) is 1.07. The minimum absolute atomic E-state index is 0.0861. The lowest BCUT2D eigenvalue weighted by Crippen LogP contribution is -2.26. The van der Waals surface area contributed by atoms with Gasteiger partial charge in [0.15, 0.2) is 0 Å². The van der Waals surface area contributed by atoms with Crippen LogP contribution in [-0.4, -0.2) is 34.6 Å². The summed E-state index contributed by atoms with van der Waals surface area (Å²) in [4.78, 5) is 26.6. The molecular weight excluding hydrogens is 258 g/mol. The van der Waals surface area contributed by atoms with Crippen LogP contribution < -0.4 is 10.6 Å². The van der Waals surface area contributed by atoms with Crippen molar-refractivity contribution in [2.45, 2.75) is 32.2 Å². The zero-order chi connectivity index (χ0) is 14.5. The van der Waals surface area contributed by atoms with Gasteiger partial charge in [-0.25, -0.2) is 0 Å². The van der Waals surface area contributed by atoms with Crippen LogP contribution in [0.2, 0.25) is 0 Å². The predicted octanol–water partition coefficient (Wildman–Crippen LogP) is 1.50. The Kier molecular flexibility index (Phi) is 4.55. The van der Waals surface area contributed by atoms with Crippen LogP contribution in [0.3, 0.4) is 0 Å². The Morgan fingerprint density at radius 1 is 1.50 bits per heavy atom. The van der Waals surface area contributed by atoms with Gasteiger partial charge in [-0.2, -0.15) is 0 Å². The van der Waals surface area contributed by atoms with Crippen molar-refractivity contribution in [3.63, 3.8) is 0 Å². The third kappa shape index (κ3) is 3.94. The second-order valence-corrected chi connectivity index (χ2v) is 4.98. The van der Waals surface area contributed by atoms with Crippen molar-refractivity contribution in [3.05, 3.63) is 24.0 Å². The van der Waals surface area contributed by atoms with E-state index < -0.39 is 5.97 Å². The number of anilines is 1. The number of hydrogen-bond acceptors (Lipinski definition) is 4. The number of nitrogens with one attached hydrogen (secondary N) is 2. The highest BCUT2D eigenvalue weighted by Crippen LogP contribution is 2.35. The molecular formula is C14H19N3O3. The second-order valence-electron chi connectivity index (χ2n) is 4.98. The molecule has 1 aromatic rings. The van der Waals surface area contributed by atoms with Gasteiger partial charge in [0.25, 0.3) is 5.91 Å². The number of nitrogens with zero attached hydrogens (tertiary/aromatic N) is 1. The Morgan fingerprint density at radius 2 is 2.25 bits per heavy atom. The summed E-state index contributed by atoms with van der Waals surface area (Å²) < 4.78 is 0. The van der Waals surface area contributed by atoms with Gasteiger partial charge in [-0.05, 0) is 37.8 Å². The molecule has 0 aromatic carbocycles. The van der Waals surface area contributed by atoms with E-state index in [-0.39, 0.29) is 18.4 Å². The van der Waals surface area contributed by atoms with Crippen molar-refractivity contribution in [2.75, 3.05) is 11.9 Å². The molecule has 20 heavy (non-hydrogen) atoms. The van der Waals surface area contributed by atoms with E-state index in [1.807, 2.05) is 6.92 Å². The maximum atomic E-state index is 11.7. The van der Waals surface area contributed by atoms with Crippen molar-refractivity contribution in [1.82, 2.24) is 10.3 Å². The number of carboxylic acids is 1. The van der Waals surface area contributed by atoms with Crippen LogP contribution in [-0.2, 0) is 4.79 Å². The topological polar surface area (TPSA) is 91.3 Å². The highest BCUT2D eigenvalue weighted by Gasteiger charge is 2.32. The lowest BCUT2D eigenvalue weighted by Gasteiger charge is -2.17. The van der Waals surface area contributed by atoms with Gasteiger partial charge >= 0.3 is 5.97 Å². The van der Waals surface area contributed by atoms with Crippen LogP contribution >= 0.6 is 0 Å². The first-order valence-corrected chi connectivity index (χ1v) is 6.82.